The van der Waals surface area contributed by atoms with Gasteiger partial charge in [-0.3, -0.25) is 0 Å². The topological polar surface area (TPSA) is 148 Å². The smallest absolute Gasteiger partial charge is 0.450 e. The van der Waals surface area contributed by atoms with Crippen LogP contribution in [0, 0.1) is 0 Å². The summed E-state index contributed by atoms with van der Waals surface area (Å²) >= 11 is 0. The molecule has 0 saturated carbocycles. The van der Waals surface area contributed by atoms with Crippen LogP contribution in [0.4, 0.5) is 4.79 Å². The number of carbonyl (C=O) groups is 1. The first-order chi connectivity index (χ1) is 8.35. The summed E-state index contributed by atoms with van der Waals surface area (Å²) in [5, 5.41) is 48.0. The minimum Gasteiger partial charge on any atom is -0.450 e. The van der Waals surface area contributed by atoms with Crippen molar-refractivity contribution >= 4 is 6.16 Å². The van der Waals surface area contributed by atoms with Crippen molar-refractivity contribution < 1.29 is 40.2 Å². The summed E-state index contributed by atoms with van der Waals surface area (Å²) in [5.74, 6) is 0. The van der Waals surface area contributed by atoms with E-state index in [1.54, 1.807) is 6.08 Å². The van der Waals surface area contributed by atoms with Crippen LogP contribution in [-0.4, -0.2) is 75.4 Å². The molecule has 0 aliphatic heterocycles. The molecule has 8 nitrogen and oxygen atoms in total. The number of aliphatic hydroxyl groups excluding tert-OH is 4. The van der Waals surface area contributed by atoms with Crippen molar-refractivity contribution in [2.45, 2.75) is 19.1 Å². The summed E-state index contributed by atoms with van der Waals surface area (Å²) in [4.78, 5) is 8.56. The Hall–Kier alpha value is -1.19. The van der Waals surface area contributed by atoms with Gasteiger partial charge in [-0.15, -0.1) is 6.58 Å². The molecule has 6 N–H and O–H groups in total. The van der Waals surface area contributed by atoms with Crippen LogP contribution in [0.1, 0.15) is 6.92 Å². The average Bonchev–Trinajstić information content (AvgIpc) is 2.28. The van der Waals surface area contributed by atoms with Gasteiger partial charge in [-0.1, -0.05) is 6.08 Å². The molecule has 0 saturated heterocycles. The summed E-state index contributed by atoms with van der Waals surface area (Å²) in [6.45, 7) is 4.45. The van der Waals surface area contributed by atoms with E-state index >= 15 is 0 Å². The Bertz CT molecular complexity index is 171. The molecule has 18 heavy (non-hydrogen) atoms. The molecular weight excluding hydrogens is 248 g/mol. The van der Waals surface area contributed by atoms with Crippen LogP contribution in [0.5, 0.6) is 0 Å². The van der Waals surface area contributed by atoms with E-state index in [2.05, 4.69) is 6.58 Å². The van der Waals surface area contributed by atoms with Gasteiger partial charge < -0.3 is 35.4 Å². The predicted molar refractivity (Wildman–Crippen MR) is 63.5 cm³/mol. The molecule has 0 aliphatic carbocycles. The van der Waals surface area contributed by atoms with Gasteiger partial charge >= 0.3 is 6.16 Å². The quantitative estimate of drug-likeness (QED) is 0.341. The van der Waals surface area contributed by atoms with Gasteiger partial charge in [0.1, 0.15) is 12.2 Å². The highest BCUT2D eigenvalue weighted by Gasteiger charge is 2.04. The number of hydrogen-bond donors (Lipinski definition) is 6. The zero-order valence-electron chi connectivity index (χ0n) is 10.3. The first-order valence-electron chi connectivity index (χ1n) is 5.00. The van der Waals surface area contributed by atoms with Gasteiger partial charge in [0, 0.05) is 0 Å². The van der Waals surface area contributed by atoms with Gasteiger partial charge in [-0.25, -0.2) is 4.79 Å². The normalized spacial score (nSPS) is 12.1. The zero-order chi connectivity index (χ0) is 15.0. The number of ether oxygens (including phenoxy) is 1. The van der Waals surface area contributed by atoms with Crippen molar-refractivity contribution in [2.75, 3.05) is 26.4 Å². The van der Waals surface area contributed by atoms with Crippen molar-refractivity contribution in [1.82, 2.24) is 0 Å². The number of hydrogen-bond acceptors (Lipinski definition) is 6. The van der Waals surface area contributed by atoms with E-state index in [0.717, 1.165) is 0 Å². The van der Waals surface area contributed by atoms with E-state index in [4.69, 9.17) is 40.2 Å². The predicted octanol–water partition coefficient (Wildman–Crippen LogP) is -0.876. The molecule has 2 unspecified atom stereocenters. The van der Waals surface area contributed by atoms with Crippen molar-refractivity contribution in [3.05, 3.63) is 12.7 Å². The Morgan fingerprint density at radius 2 is 1.39 bits per heavy atom. The Morgan fingerprint density at radius 3 is 1.56 bits per heavy atom. The second kappa shape index (κ2) is 18.2. The monoisotopic (exact) mass is 270 g/mol. The summed E-state index contributed by atoms with van der Waals surface area (Å²) in [7, 11) is 0. The van der Waals surface area contributed by atoms with E-state index in [1.807, 2.05) is 6.92 Å². The molecule has 110 valence electrons. The van der Waals surface area contributed by atoms with E-state index < -0.39 is 18.4 Å². The van der Waals surface area contributed by atoms with E-state index in [-0.39, 0.29) is 26.4 Å². The number of carboxylic acid groups (broad SMARTS) is 2. The Kier molecular flexibility index (Phi) is 22.3. The summed E-state index contributed by atoms with van der Waals surface area (Å²) in [6.07, 6.45) is -1.92. The molecule has 0 radical (unpaired) electrons. The van der Waals surface area contributed by atoms with Crippen LogP contribution in [0.2, 0.25) is 0 Å². The second-order valence-corrected chi connectivity index (χ2v) is 2.90. The van der Waals surface area contributed by atoms with Crippen LogP contribution in [-0.2, 0) is 4.74 Å². The van der Waals surface area contributed by atoms with Crippen LogP contribution in [0.25, 0.3) is 0 Å². The van der Waals surface area contributed by atoms with Crippen LogP contribution in [0.3, 0.4) is 0 Å². The summed E-state index contributed by atoms with van der Waals surface area (Å²) in [6, 6.07) is 0. The molecule has 0 aromatic rings. The lowest BCUT2D eigenvalue weighted by molar-refractivity contribution is -0.0364. The van der Waals surface area contributed by atoms with Gasteiger partial charge in [0.2, 0.25) is 0 Å². The van der Waals surface area contributed by atoms with E-state index in [1.165, 1.54) is 0 Å². The van der Waals surface area contributed by atoms with Crippen LogP contribution in [0.15, 0.2) is 12.7 Å². The highest BCUT2D eigenvalue weighted by molar-refractivity contribution is 5.53. The standard InChI is InChI=1S/C6H14O5.C3H6.CH2O3/c7-1-5(9)3-11-4-6(10)2-8;1-3-2;2-1(3)4/h5-10H,1-4H2;3H,1H2,2H3;(H2,2,3,4). The highest BCUT2D eigenvalue weighted by Crippen LogP contribution is 1.87. The summed E-state index contributed by atoms with van der Waals surface area (Å²) in [5.41, 5.74) is 0. The molecule has 0 heterocycles. The van der Waals surface area contributed by atoms with Crippen molar-refractivity contribution in [3.63, 3.8) is 0 Å². The first-order valence-corrected chi connectivity index (χ1v) is 5.00. The Labute approximate surface area is 105 Å². The van der Waals surface area contributed by atoms with Crippen molar-refractivity contribution in [2.24, 2.45) is 0 Å². The lowest BCUT2D eigenvalue weighted by atomic mass is 10.4. The summed E-state index contributed by atoms with van der Waals surface area (Å²) < 4.78 is 4.72. The molecule has 0 fully saturated rings. The fourth-order valence-electron chi connectivity index (χ4n) is 0.446. The highest BCUT2D eigenvalue weighted by atomic mass is 16.6. The molecule has 0 spiro atoms. The minimum absolute atomic E-state index is 0.0342. The fraction of sp³-hybridized carbons (Fsp3) is 0.700. The van der Waals surface area contributed by atoms with E-state index in [9.17, 15) is 0 Å². The Balaban J connectivity index is -0.000000266. The third-order valence-electron chi connectivity index (χ3n) is 1.04. The van der Waals surface area contributed by atoms with Gasteiger partial charge in [-0.05, 0) is 6.92 Å². The van der Waals surface area contributed by atoms with Crippen LogP contribution >= 0.6 is 0 Å². The molecule has 0 rings (SSSR count). The molecule has 0 aliphatic rings. The third-order valence-corrected chi connectivity index (χ3v) is 1.04. The number of allylic oxidation sites excluding steroid dienone is 1. The maximum absolute atomic E-state index is 8.72. The maximum Gasteiger partial charge on any atom is 0.503 e. The van der Waals surface area contributed by atoms with Gasteiger partial charge in [0.25, 0.3) is 0 Å². The lowest BCUT2D eigenvalue weighted by Crippen LogP contribution is -2.25. The maximum atomic E-state index is 8.72. The molecule has 8 heteroatoms. The molecular formula is C10H22O8. The SMILES string of the molecule is C=CC.O=C(O)O.OCC(O)COCC(O)CO. The number of aliphatic hydroxyl groups is 4. The minimum atomic E-state index is -1.83. The largest absolute Gasteiger partial charge is 0.503 e. The van der Waals surface area contributed by atoms with E-state index in [0.29, 0.717) is 0 Å². The Morgan fingerprint density at radius 1 is 1.17 bits per heavy atom. The van der Waals surface area contributed by atoms with Crippen LogP contribution < -0.4 is 0 Å². The van der Waals surface area contributed by atoms with Gasteiger partial charge in [0.05, 0.1) is 26.4 Å². The molecule has 0 aromatic heterocycles. The molecule has 0 bridgehead atoms. The average molecular weight is 270 g/mol. The number of rotatable bonds is 6. The first kappa shape index (κ1) is 22.0. The van der Waals surface area contributed by atoms with Gasteiger partial charge in [-0.2, -0.15) is 0 Å². The molecule has 0 amide bonds. The van der Waals surface area contributed by atoms with Crippen molar-refractivity contribution in [1.29, 1.82) is 0 Å². The lowest BCUT2D eigenvalue weighted by Gasteiger charge is -2.10. The molecule has 2 atom stereocenters. The third kappa shape index (κ3) is 36.4. The van der Waals surface area contributed by atoms with Crippen molar-refractivity contribution in [3.8, 4) is 0 Å². The zero-order valence-corrected chi connectivity index (χ0v) is 10.3. The molecule has 0 aromatic carbocycles. The van der Waals surface area contributed by atoms with Gasteiger partial charge in [0.15, 0.2) is 0 Å². The second-order valence-electron chi connectivity index (χ2n) is 2.90. The fourth-order valence-corrected chi connectivity index (χ4v) is 0.446.